The van der Waals surface area contributed by atoms with Crippen molar-refractivity contribution in [1.82, 2.24) is 4.72 Å². The maximum atomic E-state index is 12.4. The van der Waals surface area contributed by atoms with Gasteiger partial charge in [0, 0.05) is 17.0 Å². The summed E-state index contributed by atoms with van der Waals surface area (Å²) in [5.74, 6) is 1.38. The average Bonchev–Trinajstić information content (AvgIpc) is 2.84. The summed E-state index contributed by atoms with van der Waals surface area (Å²) < 4.78 is 32.6. The molecule has 3 N–H and O–H groups in total. The molecule has 1 aliphatic heterocycles. The smallest absolute Gasteiger partial charge is 0.244 e. The summed E-state index contributed by atoms with van der Waals surface area (Å²) >= 11 is 1.81. The lowest BCUT2D eigenvalue weighted by molar-refractivity contribution is 0.402. The Morgan fingerprint density at radius 3 is 2.85 bits per heavy atom. The van der Waals surface area contributed by atoms with E-state index in [0.717, 1.165) is 18.6 Å². The van der Waals surface area contributed by atoms with Crippen molar-refractivity contribution in [2.24, 2.45) is 0 Å². The van der Waals surface area contributed by atoms with Crippen molar-refractivity contribution in [2.45, 2.75) is 29.4 Å². The van der Waals surface area contributed by atoms with Gasteiger partial charge >= 0.3 is 0 Å². The van der Waals surface area contributed by atoms with Crippen LogP contribution in [0.2, 0.25) is 0 Å². The van der Waals surface area contributed by atoms with Crippen molar-refractivity contribution in [3.05, 3.63) is 18.2 Å². The van der Waals surface area contributed by atoms with Crippen molar-refractivity contribution >= 4 is 27.5 Å². The van der Waals surface area contributed by atoms with E-state index in [2.05, 4.69) is 11.6 Å². The third kappa shape index (κ3) is 3.39. The quantitative estimate of drug-likeness (QED) is 0.810. The van der Waals surface area contributed by atoms with Gasteiger partial charge in [-0.05, 0) is 43.7 Å². The van der Waals surface area contributed by atoms with Gasteiger partial charge in [0.15, 0.2) is 0 Å². The second-order valence-electron chi connectivity index (χ2n) is 5.14. The highest BCUT2D eigenvalue weighted by atomic mass is 32.2. The largest absolute Gasteiger partial charge is 0.495 e. The number of methoxy groups -OCH3 is 1. The van der Waals surface area contributed by atoms with E-state index in [4.69, 9.17) is 10.5 Å². The van der Waals surface area contributed by atoms with Crippen molar-refractivity contribution in [3.63, 3.8) is 0 Å². The van der Waals surface area contributed by atoms with Crippen molar-refractivity contribution < 1.29 is 13.2 Å². The number of nitrogens with one attached hydrogen (secondary N) is 1. The SMILES string of the molecule is COc1ccc(N)cc1S(=O)(=O)NCC1(C)CCCS1. The minimum atomic E-state index is -3.62. The lowest BCUT2D eigenvalue weighted by Gasteiger charge is -2.23. The molecular formula is C13H20N2O3S2. The Hall–Kier alpha value is -0.920. The first-order valence-electron chi connectivity index (χ1n) is 6.43. The van der Waals surface area contributed by atoms with Crippen LogP contribution >= 0.6 is 11.8 Å². The monoisotopic (exact) mass is 316 g/mol. The number of nitrogen functional groups attached to an aromatic ring is 1. The van der Waals surface area contributed by atoms with Crippen LogP contribution in [0.15, 0.2) is 23.1 Å². The van der Waals surface area contributed by atoms with E-state index in [1.54, 1.807) is 12.1 Å². The number of thioether (sulfide) groups is 1. The van der Waals surface area contributed by atoms with E-state index < -0.39 is 10.0 Å². The number of nitrogens with two attached hydrogens (primary N) is 1. The zero-order valence-corrected chi connectivity index (χ0v) is 13.3. The van der Waals surface area contributed by atoms with Gasteiger partial charge in [0.2, 0.25) is 10.0 Å². The molecule has 1 saturated heterocycles. The minimum absolute atomic E-state index is 0.0272. The highest BCUT2D eigenvalue weighted by Crippen LogP contribution is 2.37. The molecule has 1 aliphatic rings. The van der Waals surface area contributed by atoms with E-state index in [0.29, 0.717) is 18.0 Å². The van der Waals surface area contributed by atoms with Gasteiger partial charge in [0.25, 0.3) is 0 Å². The average molecular weight is 316 g/mol. The number of anilines is 1. The summed E-state index contributed by atoms with van der Waals surface area (Å²) in [6.45, 7) is 2.50. The van der Waals surface area contributed by atoms with Gasteiger partial charge in [-0.3, -0.25) is 0 Å². The first kappa shape index (κ1) is 15.5. The van der Waals surface area contributed by atoms with Gasteiger partial charge in [-0.15, -0.1) is 0 Å². The third-order valence-electron chi connectivity index (χ3n) is 3.41. The lowest BCUT2D eigenvalue weighted by atomic mass is 10.1. The molecule has 1 fully saturated rings. The summed E-state index contributed by atoms with van der Waals surface area (Å²) in [6.07, 6.45) is 2.15. The van der Waals surface area contributed by atoms with Crippen LogP contribution in [0.3, 0.4) is 0 Å². The molecule has 0 aromatic heterocycles. The predicted molar refractivity (Wildman–Crippen MR) is 82.7 cm³/mol. The molecule has 7 heteroatoms. The fraction of sp³-hybridized carbons (Fsp3) is 0.538. The van der Waals surface area contributed by atoms with E-state index >= 15 is 0 Å². The Morgan fingerprint density at radius 1 is 1.50 bits per heavy atom. The zero-order valence-electron chi connectivity index (χ0n) is 11.7. The Morgan fingerprint density at radius 2 is 2.25 bits per heavy atom. The number of rotatable bonds is 5. The predicted octanol–water partition coefficient (Wildman–Crippen LogP) is 1.84. The molecule has 112 valence electrons. The maximum Gasteiger partial charge on any atom is 0.244 e. The van der Waals surface area contributed by atoms with E-state index in [-0.39, 0.29) is 9.64 Å². The molecule has 1 atom stereocenters. The molecule has 2 rings (SSSR count). The maximum absolute atomic E-state index is 12.4. The number of hydrogen-bond acceptors (Lipinski definition) is 5. The van der Waals surface area contributed by atoms with Gasteiger partial charge in [0.1, 0.15) is 10.6 Å². The van der Waals surface area contributed by atoms with E-state index in [9.17, 15) is 8.42 Å². The summed E-state index contributed by atoms with van der Waals surface area (Å²) in [5, 5.41) is 0. The van der Waals surface area contributed by atoms with Crippen LogP contribution in [-0.2, 0) is 10.0 Å². The number of sulfonamides is 1. The fourth-order valence-corrected chi connectivity index (χ4v) is 4.91. The summed E-state index contributed by atoms with van der Waals surface area (Å²) in [5.41, 5.74) is 6.07. The molecule has 0 bridgehead atoms. The number of benzene rings is 1. The molecule has 1 unspecified atom stereocenters. The molecule has 0 amide bonds. The van der Waals surface area contributed by atoms with Crippen LogP contribution in [0.5, 0.6) is 5.75 Å². The van der Waals surface area contributed by atoms with Crippen LogP contribution < -0.4 is 15.2 Å². The number of ether oxygens (including phenoxy) is 1. The normalized spacial score (nSPS) is 22.9. The standard InChI is InChI=1S/C13H20N2O3S2/c1-13(6-3-7-19-13)9-15-20(16,17)12-8-10(14)4-5-11(12)18-2/h4-5,8,15H,3,6-7,9,14H2,1-2H3. The molecule has 0 radical (unpaired) electrons. The highest BCUT2D eigenvalue weighted by molar-refractivity contribution is 8.01. The van der Waals surface area contributed by atoms with Crippen molar-refractivity contribution in [2.75, 3.05) is 25.1 Å². The minimum Gasteiger partial charge on any atom is -0.495 e. The molecule has 0 spiro atoms. The van der Waals surface area contributed by atoms with Crippen molar-refractivity contribution in [1.29, 1.82) is 0 Å². The molecule has 1 aromatic rings. The Labute approximate surface area is 124 Å². The van der Waals surface area contributed by atoms with Gasteiger partial charge in [-0.1, -0.05) is 0 Å². The summed E-state index contributed by atoms with van der Waals surface area (Å²) in [4.78, 5) is 0.0894. The second kappa shape index (κ2) is 5.83. The summed E-state index contributed by atoms with van der Waals surface area (Å²) in [6, 6.07) is 4.60. The first-order chi connectivity index (χ1) is 9.36. The van der Waals surface area contributed by atoms with Crippen LogP contribution in [-0.4, -0.2) is 32.6 Å². The molecule has 20 heavy (non-hydrogen) atoms. The lowest BCUT2D eigenvalue weighted by Crippen LogP contribution is -2.36. The van der Waals surface area contributed by atoms with Gasteiger partial charge in [0.05, 0.1) is 7.11 Å². The molecule has 0 saturated carbocycles. The van der Waals surface area contributed by atoms with Crippen LogP contribution in [0, 0.1) is 0 Å². The Balaban J connectivity index is 2.20. The van der Waals surface area contributed by atoms with Crippen LogP contribution in [0.1, 0.15) is 19.8 Å². The Kier molecular flexibility index (Phi) is 4.51. The zero-order chi connectivity index (χ0) is 14.8. The molecule has 5 nitrogen and oxygen atoms in total. The molecule has 1 aromatic carbocycles. The Bertz CT molecular complexity index is 581. The van der Waals surface area contributed by atoms with Crippen LogP contribution in [0.25, 0.3) is 0 Å². The topological polar surface area (TPSA) is 81.4 Å². The fourth-order valence-electron chi connectivity index (χ4n) is 2.20. The second-order valence-corrected chi connectivity index (χ2v) is 8.55. The highest BCUT2D eigenvalue weighted by Gasteiger charge is 2.31. The van der Waals surface area contributed by atoms with Crippen molar-refractivity contribution in [3.8, 4) is 5.75 Å². The number of hydrogen-bond donors (Lipinski definition) is 2. The van der Waals surface area contributed by atoms with Gasteiger partial charge in [-0.25, -0.2) is 13.1 Å². The van der Waals surface area contributed by atoms with Crippen LogP contribution in [0.4, 0.5) is 5.69 Å². The van der Waals surface area contributed by atoms with Gasteiger partial charge in [-0.2, -0.15) is 11.8 Å². The summed E-state index contributed by atoms with van der Waals surface area (Å²) in [7, 11) is -2.18. The molecular weight excluding hydrogens is 296 g/mol. The van der Waals surface area contributed by atoms with E-state index in [1.807, 2.05) is 11.8 Å². The molecule has 1 heterocycles. The van der Waals surface area contributed by atoms with Gasteiger partial charge < -0.3 is 10.5 Å². The first-order valence-corrected chi connectivity index (χ1v) is 8.90. The van der Waals surface area contributed by atoms with E-state index in [1.165, 1.54) is 13.2 Å². The molecule has 0 aliphatic carbocycles. The third-order valence-corrected chi connectivity index (χ3v) is 6.37.